The van der Waals surface area contributed by atoms with Gasteiger partial charge in [0.2, 0.25) is 0 Å². The fraction of sp³-hybridized carbons (Fsp3) is 0.0667. The van der Waals surface area contributed by atoms with Crippen molar-refractivity contribution < 1.29 is 4.42 Å². The molecule has 3 rings (SSSR count). The number of fused-ring (bicyclic) bond motifs is 1. The molecule has 0 amide bonds. The zero-order valence-electron chi connectivity index (χ0n) is 10.00. The van der Waals surface area contributed by atoms with Gasteiger partial charge in [-0.25, -0.2) is 0 Å². The zero-order valence-corrected chi connectivity index (χ0v) is 10.00. The molecule has 0 atom stereocenters. The summed E-state index contributed by atoms with van der Waals surface area (Å²) in [5, 5.41) is 8.99. The largest absolute Gasteiger partial charge is 0.461 e. The third kappa shape index (κ3) is 1.91. The lowest BCUT2D eigenvalue weighted by molar-refractivity contribution is 0.577. The summed E-state index contributed by atoms with van der Waals surface area (Å²) in [6.07, 6.45) is 5.62. The van der Waals surface area contributed by atoms with Crippen molar-refractivity contribution in [2.75, 3.05) is 0 Å². The summed E-state index contributed by atoms with van der Waals surface area (Å²) in [5.74, 6) is 0.913. The van der Waals surface area contributed by atoms with E-state index in [0.29, 0.717) is 0 Å². The first-order valence-corrected chi connectivity index (χ1v) is 5.78. The van der Waals surface area contributed by atoms with Gasteiger partial charge in [-0.1, -0.05) is 18.2 Å². The van der Waals surface area contributed by atoms with Gasteiger partial charge in [-0.3, -0.25) is 0 Å². The molecule has 0 aliphatic heterocycles. The van der Waals surface area contributed by atoms with E-state index in [9.17, 15) is 0 Å². The van der Waals surface area contributed by atoms with Gasteiger partial charge in [0.15, 0.2) is 0 Å². The van der Waals surface area contributed by atoms with Gasteiger partial charge in [0.25, 0.3) is 0 Å². The third-order valence-corrected chi connectivity index (χ3v) is 2.83. The van der Waals surface area contributed by atoms with Crippen LogP contribution in [0.15, 0.2) is 47.0 Å². The molecule has 0 aliphatic rings. The summed E-state index contributed by atoms with van der Waals surface area (Å²) in [4.78, 5) is 0. The fourth-order valence-electron chi connectivity index (χ4n) is 1.97. The van der Waals surface area contributed by atoms with E-state index in [1.54, 1.807) is 6.20 Å². The van der Waals surface area contributed by atoms with Gasteiger partial charge in [-0.15, -0.1) is 0 Å². The minimum atomic E-state index is 0.835. The van der Waals surface area contributed by atoms with E-state index in [1.165, 1.54) is 0 Å². The van der Waals surface area contributed by atoms with Crippen LogP contribution in [0.1, 0.15) is 17.0 Å². The molecular weight excluding hydrogens is 224 g/mol. The van der Waals surface area contributed by atoms with Gasteiger partial charge >= 0.3 is 0 Å². The number of hydrogen-bond donors (Lipinski definition) is 0. The molecule has 18 heavy (non-hydrogen) atoms. The highest BCUT2D eigenvalue weighted by Gasteiger charge is 2.06. The molecule has 0 N–H and O–H groups in total. The van der Waals surface area contributed by atoms with Crippen LogP contribution in [0.25, 0.3) is 23.1 Å². The molecule has 0 radical (unpaired) electrons. The number of aromatic nitrogens is 2. The first kappa shape index (κ1) is 10.7. The second-order valence-corrected chi connectivity index (χ2v) is 4.05. The number of hydrogen-bond acceptors (Lipinski definition) is 3. The summed E-state index contributed by atoms with van der Waals surface area (Å²) in [6, 6.07) is 11.8. The Morgan fingerprint density at radius 2 is 1.94 bits per heavy atom. The Labute approximate surface area is 105 Å². The molecule has 0 bridgehead atoms. The molecule has 0 saturated carbocycles. The van der Waals surface area contributed by atoms with Crippen LogP contribution >= 0.6 is 0 Å². The average molecular weight is 236 g/mol. The number of aryl methyl sites for hydroxylation is 1. The summed E-state index contributed by atoms with van der Waals surface area (Å²) in [7, 11) is 0. The average Bonchev–Trinajstić information content (AvgIpc) is 2.73. The molecule has 0 unspecified atom stereocenters. The smallest absolute Gasteiger partial charge is 0.134 e. The molecule has 0 aliphatic carbocycles. The van der Waals surface area contributed by atoms with E-state index in [2.05, 4.69) is 16.3 Å². The highest BCUT2D eigenvalue weighted by atomic mass is 16.3. The number of benzene rings is 1. The Bertz CT molecular complexity index is 699. The van der Waals surface area contributed by atoms with E-state index < -0.39 is 0 Å². The van der Waals surface area contributed by atoms with Crippen molar-refractivity contribution in [2.45, 2.75) is 6.92 Å². The molecule has 3 aromatic rings. The van der Waals surface area contributed by atoms with Crippen molar-refractivity contribution in [3.8, 4) is 0 Å². The van der Waals surface area contributed by atoms with Crippen LogP contribution in [0.2, 0.25) is 0 Å². The lowest BCUT2D eigenvalue weighted by atomic mass is 10.1. The van der Waals surface area contributed by atoms with E-state index in [0.717, 1.165) is 28.0 Å². The molecule has 0 fully saturated rings. The summed E-state index contributed by atoms with van der Waals surface area (Å²) in [5.41, 5.74) is 2.84. The Hall–Kier alpha value is -2.42. The van der Waals surface area contributed by atoms with Gasteiger partial charge in [0.1, 0.15) is 11.3 Å². The molecule has 0 saturated heterocycles. The van der Waals surface area contributed by atoms with E-state index in [4.69, 9.17) is 4.42 Å². The molecule has 3 nitrogen and oxygen atoms in total. The topological polar surface area (TPSA) is 38.9 Å². The van der Waals surface area contributed by atoms with Crippen molar-refractivity contribution in [1.82, 2.24) is 10.2 Å². The summed E-state index contributed by atoms with van der Waals surface area (Å²) >= 11 is 0. The van der Waals surface area contributed by atoms with Gasteiger partial charge in [0.05, 0.1) is 5.69 Å². The van der Waals surface area contributed by atoms with Crippen molar-refractivity contribution in [1.29, 1.82) is 0 Å². The SMILES string of the molecule is Cc1oc2ccccc2c1/C=C/c1cccnn1. The fourth-order valence-corrected chi connectivity index (χ4v) is 1.97. The van der Waals surface area contributed by atoms with E-state index >= 15 is 0 Å². The summed E-state index contributed by atoms with van der Waals surface area (Å²) in [6.45, 7) is 1.97. The predicted octanol–water partition coefficient (Wildman–Crippen LogP) is 3.70. The van der Waals surface area contributed by atoms with Crippen LogP contribution in [-0.4, -0.2) is 10.2 Å². The maximum Gasteiger partial charge on any atom is 0.134 e. The molecule has 3 heteroatoms. The zero-order chi connectivity index (χ0) is 12.4. The van der Waals surface area contributed by atoms with Gasteiger partial charge in [-0.2, -0.15) is 10.2 Å². The second-order valence-electron chi connectivity index (χ2n) is 4.05. The minimum Gasteiger partial charge on any atom is -0.461 e. The Balaban J connectivity index is 2.05. The van der Waals surface area contributed by atoms with Crippen molar-refractivity contribution in [2.24, 2.45) is 0 Å². The maximum absolute atomic E-state index is 5.70. The monoisotopic (exact) mass is 236 g/mol. The molecule has 0 spiro atoms. The van der Waals surface area contributed by atoms with E-state index in [-0.39, 0.29) is 0 Å². The van der Waals surface area contributed by atoms with Gasteiger partial charge in [0, 0.05) is 17.1 Å². The Kier molecular flexibility index (Phi) is 2.65. The first-order chi connectivity index (χ1) is 8.84. The maximum atomic E-state index is 5.70. The first-order valence-electron chi connectivity index (χ1n) is 5.78. The van der Waals surface area contributed by atoms with Gasteiger partial charge in [-0.05, 0) is 37.3 Å². The quantitative estimate of drug-likeness (QED) is 0.681. The number of furan rings is 1. The van der Waals surface area contributed by atoms with Crippen LogP contribution in [-0.2, 0) is 0 Å². The second kappa shape index (κ2) is 4.45. The lowest BCUT2D eigenvalue weighted by Crippen LogP contribution is -1.82. The third-order valence-electron chi connectivity index (χ3n) is 2.83. The molecular formula is C15H12N2O. The minimum absolute atomic E-state index is 0.835. The van der Waals surface area contributed by atoms with Crippen LogP contribution in [0.5, 0.6) is 0 Å². The predicted molar refractivity (Wildman–Crippen MR) is 71.9 cm³/mol. The van der Waals surface area contributed by atoms with Crippen LogP contribution in [0.4, 0.5) is 0 Å². The van der Waals surface area contributed by atoms with Crippen LogP contribution in [0, 0.1) is 6.92 Å². The van der Waals surface area contributed by atoms with Crippen LogP contribution in [0.3, 0.4) is 0 Å². The Morgan fingerprint density at radius 1 is 1.06 bits per heavy atom. The number of nitrogens with zero attached hydrogens (tertiary/aromatic N) is 2. The molecule has 88 valence electrons. The molecule has 2 aromatic heterocycles. The van der Waals surface area contributed by atoms with Crippen molar-refractivity contribution in [3.63, 3.8) is 0 Å². The van der Waals surface area contributed by atoms with Crippen LogP contribution < -0.4 is 0 Å². The number of para-hydroxylation sites is 1. The van der Waals surface area contributed by atoms with Gasteiger partial charge < -0.3 is 4.42 Å². The highest BCUT2D eigenvalue weighted by Crippen LogP contribution is 2.26. The standard InChI is InChI=1S/C15H12N2O/c1-11-13(9-8-12-5-4-10-16-17-12)14-6-2-3-7-15(14)18-11/h2-10H,1H3/b9-8+. The normalized spacial score (nSPS) is 11.4. The highest BCUT2D eigenvalue weighted by molar-refractivity contribution is 5.91. The Morgan fingerprint density at radius 3 is 2.78 bits per heavy atom. The van der Waals surface area contributed by atoms with Crippen molar-refractivity contribution in [3.05, 3.63) is 59.6 Å². The molecule has 1 aromatic carbocycles. The van der Waals surface area contributed by atoms with E-state index in [1.807, 2.05) is 49.4 Å². The summed E-state index contributed by atoms with van der Waals surface area (Å²) < 4.78 is 5.70. The van der Waals surface area contributed by atoms with Crippen molar-refractivity contribution >= 4 is 23.1 Å². The lowest BCUT2D eigenvalue weighted by Gasteiger charge is -1.92. The number of rotatable bonds is 2. The molecule has 2 heterocycles.